The van der Waals surface area contributed by atoms with E-state index in [9.17, 15) is 13.2 Å². The number of nitrogens with zero attached hydrogens (tertiary/aromatic N) is 2. The summed E-state index contributed by atoms with van der Waals surface area (Å²) in [7, 11) is -3.58. The zero-order chi connectivity index (χ0) is 25.9. The molecule has 1 aliphatic rings. The van der Waals surface area contributed by atoms with Gasteiger partial charge in [0.1, 0.15) is 0 Å². The number of benzene rings is 3. The minimum absolute atomic E-state index is 0.144. The van der Waals surface area contributed by atoms with Gasteiger partial charge < -0.3 is 10.2 Å². The Morgan fingerprint density at radius 3 is 2.25 bits per heavy atom. The van der Waals surface area contributed by atoms with Gasteiger partial charge in [-0.1, -0.05) is 53.1 Å². The molecule has 1 saturated heterocycles. The normalized spacial score (nSPS) is 14.4. The summed E-state index contributed by atoms with van der Waals surface area (Å²) < 4.78 is 27.6. The standard InChI is InChI=1S/C26H27ClN4O3S2/c1-18-9-11-21(12-10-18)36(33,34)31-15-13-30(14-16-31)24-22(27)7-4-8-23(24)28-26(35)29-25(32)20-6-3-5-19(2)17-20/h3-12,17H,13-16H2,1-2H3,(H2,28,29,32,35). The maximum Gasteiger partial charge on any atom is 0.257 e. The molecule has 0 bridgehead atoms. The molecule has 0 unspecified atom stereocenters. The average molecular weight is 543 g/mol. The summed E-state index contributed by atoms with van der Waals surface area (Å²) in [4.78, 5) is 14.9. The van der Waals surface area contributed by atoms with Crippen molar-refractivity contribution in [2.75, 3.05) is 36.4 Å². The second-order valence-corrected chi connectivity index (χ2v) is 11.4. The van der Waals surface area contributed by atoms with Gasteiger partial charge in [-0.25, -0.2) is 8.42 Å². The molecule has 1 fully saturated rings. The monoisotopic (exact) mass is 542 g/mol. The first-order valence-electron chi connectivity index (χ1n) is 11.4. The number of halogens is 1. The summed E-state index contributed by atoms with van der Waals surface area (Å²) in [6, 6.07) is 19.5. The quantitative estimate of drug-likeness (QED) is 0.459. The van der Waals surface area contributed by atoms with E-state index >= 15 is 0 Å². The van der Waals surface area contributed by atoms with E-state index in [0.29, 0.717) is 48.1 Å². The summed E-state index contributed by atoms with van der Waals surface area (Å²) in [6.45, 7) is 5.37. The second-order valence-electron chi connectivity index (χ2n) is 8.62. The molecule has 2 N–H and O–H groups in total. The van der Waals surface area contributed by atoms with Crippen molar-refractivity contribution in [3.05, 3.63) is 88.4 Å². The third-order valence-corrected chi connectivity index (χ3v) is 8.38. The lowest BCUT2D eigenvalue weighted by Crippen LogP contribution is -2.49. The molecule has 7 nitrogen and oxygen atoms in total. The lowest BCUT2D eigenvalue weighted by molar-refractivity contribution is 0.0977. The molecule has 4 rings (SSSR count). The Bertz CT molecular complexity index is 1390. The largest absolute Gasteiger partial charge is 0.366 e. The van der Waals surface area contributed by atoms with Crippen molar-refractivity contribution in [1.29, 1.82) is 0 Å². The zero-order valence-electron chi connectivity index (χ0n) is 20.0. The fraction of sp³-hybridized carbons (Fsp3) is 0.231. The van der Waals surface area contributed by atoms with E-state index in [4.69, 9.17) is 23.8 Å². The van der Waals surface area contributed by atoms with Crippen molar-refractivity contribution in [3.8, 4) is 0 Å². The number of anilines is 2. The molecule has 1 amide bonds. The van der Waals surface area contributed by atoms with Crippen molar-refractivity contribution in [2.45, 2.75) is 18.7 Å². The summed E-state index contributed by atoms with van der Waals surface area (Å²) in [5.41, 5.74) is 3.83. The van der Waals surface area contributed by atoms with Gasteiger partial charge in [0.2, 0.25) is 10.0 Å². The Morgan fingerprint density at radius 1 is 0.917 bits per heavy atom. The lowest BCUT2D eigenvalue weighted by atomic mass is 10.1. The highest BCUT2D eigenvalue weighted by Gasteiger charge is 2.30. The first-order valence-corrected chi connectivity index (χ1v) is 13.7. The number of carbonyl (C=O) groups excluding carboxylic acids is 1. The Morgan fingerprint density at radius 2 is 1.58 bits per heavy atom. The molecular weight excluding hydrogens is 516 g/mol. The van der Waals surface area contributed by atoms with E-state index in [2.05, 4.69) is 10.6 Å². The first kappa shape index (κ1) is 26.1. The second kappa shape index (κ2) is 11.0. The number of hydrogen-bond acceptors (Lipinski definition) is 5. The number of rotatable bonds is 5. The Balaban J connectivity index is 1.45. The van der Waals surface area contributed by atoms with Crippen LogP contribution in [0.3, 0.4) is 0 Å². The highest BCUT2D eigenvalue weighted by atomic mass is 35.5. The number of hydrogen-bond donors (Lipinski definition) is 2. The van der Waals surface area contributed by atoms with Crippen molar-refractivity contribution < 1.29 is 13.2 Å². The summed E-state index contributed by atoms with van der Waals surface area (Å²) >= 11 is 11.9. The molecule has 1 aliphatic heterocycles. The smallest absolute Gasteiger partial charge is 0.257 e. The van der Waals surface area contributed by atoms with Crippen LogP contribution in [0.4, 0.5) is 11.4 Å². The fourth-order valence-electron chi connectivity index (χ4n) is 4.06. The Labute approximate surface area is 222 Å². The zero-order valence-corrected chi connectivity index (χ0v) is 22.4. The number of carbonyl (C=O) groups is 1. The van der Waals surface area contributed by atoms with E-state index in [1.165, 1.54) is 4.31 Å². The maximum absolute atomic E-state index is 13.1. The number of piperazine rings is 1. The van der Waals surface area contributed by atoms with E-state index in [-0.39, 0.29) is 15.9 Å². The predicted octanol–water partition coefficient (Wildman–Crippen LogP) is 4.59. The van der Waals surface area contributed by atoms with E-state index in [1.807, 2.05) is 36.9 Å². The molecule has 0 aliphatic carbocycles. The van der Waals surface area contributed by atoms with Crippen molar-refractivity contribution >= 4 is 56.2 Å². The van der Waals surface area contributed by atoms with Gasteiger partial charge in [-0.05, 0) is 62.5 Å². The van der Waals surface area contributed by atoms with Gasteiger partial charge in [0.05, 0.1) is 21.3 Å². The highest BCUT2D eigenvalue weighted by molar-refractivity contribution is 7.89. The van der Waals surface area contributed by atoms with Crippen molar-refractivity contribution in [3.63, 3.8) is 0 Å². The number of para-hydroxylation sites is 1. The number of amides is 1. The van der Waals surface area contributed by atoms with Crippen LogP contribution in [-0.4, -0.2) is 49.9 Å². The summed E-state index contributed by atoms with van der Waals surface area (Å²) in [5.74, 6) is -0.310. The summed E-state index contributed by atoms with van der Waals surface area (Å²) in [5, 5.41) is 6.43. The lowest BCUT2D eigenvalue weighted by Gasteiger charge is -2.36. The topological polar surface area (TPSA) is 81.8 Å². The third-order valence-electron chi connectivity index (χ3n) is 5.96. The molecule has 0 atom stereocenters. The average Bonchev–Trinajstić information content (AvgIpc) is 2.84. The summed E-state index contributed by atoms with van der Waals surface area (Å²) in [6.07, 6.45) is 0. The number of sulfonamides is 1. The predicted molar refractivity (Wildman–Crippen MR) is 148 cm³/mol. The molecule has 3 aromatic carbocycles. The van der Waals surface area contributed by atoms with E-state index in [0.717, 1.165) is 11.1 Å². The first-order chi connectivity index (χ1) is 17.1. The van der Waals surface area contributed by atoms with Gasteiger partial charge in [0.25, 0.3) is 5.91 Å². The molecule has 0 radical (unpaired) electrons. The van der Waals surface area contributed by atoms with Gasteiger partial charge in [-0.2, -0.15) is 4.31 Å². The maximum atomic E-state index is 13.1. The molecular formula is C26H27ClN4O3S2. The van der Waals surface area contributed by atoms with Crippen molar-refractivity contribution in [1.82, 2.24) is 9.62 Å². The van der Waals surface area contributed by atoms with Gasteiger partial charge in [0, 0.05) is 31.7 Å². The molecule has 0 aromatic heterocycles. The van der Waals surface area contributed by atoms with Gasteiger partial charge in [-0.3, -0.25) is 10.1 Å². The van der Waals surface area contributed by atoms with Crippen LogP contribution in [0.1, 0.15) is 21.5 Å². The number of aryl methyl sites for hydroxylation is 2. The molecule has 1 heterocycles. The fourth-order valence-corrected chi connectivity index (χ4v) is 5.98. The molecule has 0 spiro atoms. The molecule has 36 heavy (non-hydrogen) atoms. The van der Waals surface area contributed by atoms with Crippen LogP contribution < -0.4 is 15.5 Å². The van der Waals surface area contributed by atoms with Crippen LogP contribution in [0.5, 0.6) is 0 Å². The van der Waals surface area contributed by atoms with Gasteiger partial charge >= 0.3 is 0 Å². The van der Waals surface area contributed by atoms with Crippen LogP contribution in [0.25, 0.3) is 0 Å². The molecule has 3 aromatic rings. The van der Waals surface area contributed by atoms with Crippen LogP contribution >= 0.6 is 23.8 Å². The van der Waals surface area contributed by atoms with Gasteiger partial charge in [-0.15, -0.1) is 0 Å². The molecule has 0 saturated carbocycles. The van der Waals surface area contributed by atoms with Crippen LogP contribution in [0.2, 0.25) is 5.02 Å². The van der Waals surface area contributed by atoms with Gasteiger partial charge in [0.15, 0.2) is 5.11 Å². The SMILES string of the molecule is Cc1ccc(S(=O)(=O)N2CCN(c3c(Cl)cccc3NC(=S)NC(=O)c3cccc(C)c3)CC2)cc1. The van der Waals surface area contributed by atoms with Crippen LogP contribution in [0, 0.1) is 13.8 Å². The van der Waals surface area contributed by atoms with E-state index < -0.39 is 10.0 Å². The third kappa shape index (κ3) is 5.87. The molecule has 10 heteroatoms. The minimum atomic E-state index is -3.58. The Kier molecular flexibility index (Phi) is 7.94. The highest BCUT2D eigenvalue weighted by Crippen LogP contribution is 2.35. The van der Waals surface area contributed by atoms with Crippen LogP contribution in [0.15, 0.2) is 71.6 Å². The van der Waals surface area contributed by atoms with Crippen LogP contribution in [-0.2, 0) is 10.0 Å². The van der Waals surface area contributed by atoms with E-state index in [1.54, 1.807) is 48.5 Å². The minimum Gasteiger partial charge on any atom is -0.366 e. The molecule has 188 valence electrons. The number of nitrogens with one attached hydrogen (secondary N) is 2. The van der Waals surface area contributed by atoms with Crippen molar-refractivity contribution in [2.24, 2.45) is 0 Å². The number of thiocarbonyl (C=S) groups is 1. The Hall–Kier alpha value is -2.98.